The molecule has 2 N–H and O–H groups in total. The molecular weight excluding hydrogens is 430 g/mol. The van der Waals surface area contributed by atoms with Crippen LogP contribution in [0.3, 0.4) is 0 Å². The number of pyridine rings is 1. The van der Waals surface area contributed by atoms with Crippen molar-refractivity contribution >= 4 is 22.5 Å². The molecule has 10 heteroatoms. The summed E-state index contributed by atoms with van der Waals surface area (Å²) in [6.45, 7) is 3.56. The van der Waals surface area contributed by atoms with Crippen LogP contribution < -0.4 is 5.32 Å². The number of aliphatic hydroxyl groups is 1. The molecule has 0 fully saturated rings. The van der Waals surface area contributed by atoms with Gasteiger partial charge in [-0.3, -0.25) is 9.25 Å². The van der Waals surface area contributed by atoms with E-state index in [1.165, 1.54) is 6.20 Å². The van der Waals surface area contributed by atoms with E-state index in [-0.39, 0.29) is 0 Å². The number of imidazole rings is 1. The Labute approximate surface area is 195 Å². The molecule has 10 nitrogen and oxygen atoms in total. The highest BCUT2D eigenvalue weighted by Crippen LogP contribution is 2.31. The largest absolute Gasteiger partial charge is 0.389 e. The molecule has 4 aromatic heterocycles. The van der Waals surface area contributed by atoms with Crippen LogP contribution in [0.1, 0.15) is 29.8 Å². The van der Waals surface area contributed by atoms with E-state index in [9.17, 15) is 10.4 Å². The molecule has 5 aromatic rings. The van der Waals surface area contributed by atoms with Gasteiger partial charge in [0, 0.05) is 18.3 Å². The molecule has 5 rings (SSSR count). The van der Waals surface area contributed by atoms with Gasteiger partial charge in [-0.15, -0.1) is 5.10 Å². The maximum absolute atomic E-state index is 10.3. The highest BCUT2D eigenvalue weighted by atomic mass is 16.3. The van der Waals surface area contributed by atoms with Crippen molar-refractivity contribution < 1.29 is 5.11 Å². The first-order valence-electron chi connectivity index (χ1n) is 10.6. The number of aryl methyl sites for hydroxylation is 2. The maximum Gasteiger partial charge on any atom is 0.153 e. The Balaban J connectivity index is 1.56. The summed E-state index contributed by atoms with van der Waals surface area (Å²) in [5.74, 6) is 1.26. The van der Waals surface area contributed by atoms with Gasteiger partial charge >= 0.3 is 0 Å². The zero-order valence-corrected chi connectivity index (χ0v) is 18.8. The topological polar surface area (TPSA) is 130 Å². The molecule has 34 heavy (non-hydrogen) atoms. The number of hydrogen-bond acceptors (Lipinski definition) is 8. The van der Waals surface area contributed by atoms with E-state index in [2.05, 4.69) is 31.7 Å². The summed E-state index contributed by atoms with van der Waals surface area (Å²) in [5.41, 5.74) is 5.36. The first-order chi connectivity index (χ1) is 16.4. The number of rotatable bonds is 5. The summed E-state index contributed by atoms with van der Waals surface area (Å²) < 4.78 is 3.46. The molecule has 0 saturated carbocycles. The Kier molecular flexibility index (Phi) is 5.24. The second-order valence-electron chi connectivity index (χ2n) is 7.93. The van der Waals surface area contributed by atoms with Gasteiger partial charge in [-0.25, -0.2) is 9.97 Å². The van der Waals surface area contributed by atoms with Gasteiger partial charge < -0.3 is 10.4 Å². The number of aliphatic hydroxyl groups excluding tert-OH is 1. The van der Waals surface area contributed by atoms with Gasteiger partial charge in [0.15, 0.2) is 5.82 Å². The van der Waals surface area contributed by atoms with Gasteiger partial charge in [-0.1, -0.05) is 6.07 Å². The lowest BCUT2D eigenvalue weighted by atomic mass is 10.0. The minimum Gasteiger partial charge on any atom is -0.389 e. The van der Waals surface area contributed by atoms with Crippen molar-refractivity contribution in [3.63, 3.8) is 0 Å². The van der Waals surface area contributed by atoms with Gasteiger partial charge in [-0.2, -0.15) is 15.5 Å². The fourth-order valence-corrected chi connectivity index (χ4v) is 3.81. The highest BCUT2D eigenvalue weighted by Gasteiger charge is 2.20. The van der Waals surface area contributed by atoms with Gasteiger partial charge in [0.2, 0.25) is 0 Å². The molecule has 0 spiro atoms. The smallest absolute Gasteiger partial charge is 0.153 e. The second-order valence-corrected chi connectivity index (χ2v) is 7.93. The number of hydrogen-bond donors (Lipinski definition) is 2. The number of anilines is 2. The van der Waals surface area contributed by atoms with Crippen LogP contribution in [0.2, 0.25) is 0 Å². The van der Waals surface area contributed by atoms with E-state index >= 15 is 0 Å². The predicted molar refractivity (Wildman–Crippen MR) is 126 cm³/mol. The van der Waals surface area contributed by atoms with E-state index in [4.69, 9.17) is 4.98 Å². The van der Waals surface area contributed by atoms with Crippen molar-refractivity contribution in [1.29, 1.82) is 5.26 Å². The lowest BCUT2D eigenvalue weighted by Crippen LogP contribution is -2.06. The van der Waals surface area contributed by atoms with Crippen molar-refractivity contribution in [2.24, 2.45) is 7.05 Å². The number of nitrogens with zero attached hydrogens (tertiary/aromatic N) is 8. The van der Waals surface area contributed by atoms with E-state index in [1.807, 2.05) is 54.0 Å². The molecule has 4 heterocycles. The third kappa shape index (κ3) is 3.74. The van der Waals surface area contributed by atoms with Crippen LogP contribution in [0.25, 0.3) is 28.2 Å². The molecular formula is C24H21N9O. The first kappa shape index (κ1) is 21.2. The van der Waals surface area contributed by atoms with Gasteiger partial charge in [0.05, 0.1) is 40.3 Å². The molecule has 1 unspecified atom stereocenters. The number of nitrogens with one attached hydrogen (secondary N) is 1. The predicted octanol–water partition coefficient (Wildman–Crippen LogP) is 3.59. The fourth-order valence-electron chi connectivity index (χ4n) is 3.81. The van der Waals surface area contributed by atoms with E-state index < -0.39 is 6.10 Å². The lowest BCUT2D eigenvalue weighted by Gasteiger charge is -2.14. The molecule has 168 valence electrons. The Morgan fingerprint density at radius 3 is 2.71 bits per heavy atom. The van der Waals surface area contributed by atoms with Crippen LogP contribution in [0.15, 0.2) is 55.0 Å². The summed E-state index contributed by atoms with van der Waals surface area (Å²) in [5, 5.41) is 35.5. The number of aromatic nitrogens is 7. The number of fused-ring (bicyclic) bond motifs is 1. The van der Waals surface area contributed by atoms with Crippen LogP contribution in [0.4, 0.5) is 11.5 Å². The van der Waals surface area contributed by atoms with Crippen molar-refractivity contribution in [3.05, 3.63) is 71.8 Å². The number of benzene rings is 1. The molecule has 1 aromatic carbocycles. The molecule has 0 aliphatic carbocycles. The second kappa shape index (κ2) is 8.38. The van der Waals surface area contributed by atoms with Crippen LogP contribution >= 0.6 is 0 Å². The summed E-state index contributed by atoms with van der Waals surface area (Å²) >= 11 is 0. The van der Waals surface area contributed by atoms with Gasteiger partial charge in [-0.05, 0) is 50.2 Å². The Bertz CT molecular complexity index is 1540. The zero-order valence-electron chi connectivity index (χ0n) is 18.8. The Morgan fingerprint density at radius 1 is 1.12 bits per heavy atom. The third-order valence-corrected chi connectivity index (χ3v) is 5.51. The highest BCUT2D eigenvalue weighted by molar-refractivity contribution is 5.82. The summed E-state index contributed by atoms with van der Waals surface area (Å²) in [7, 11) is 1.75. The Morgan fingerprint density at radius 2 is 1.97 bits per heavy atom. The standard InChI is InChI=1S/C24H21N9O/c1-14-4-8-21(31-30-14)28-17-5-7-20-19(10-17)26-13-33(20)22-9-6-18(15(2)34)23(29-22)24-16(11-25)12-27-32(24)3/h4-10,12-13,15,34H,1-3H3,(H,28,31). The third-order valence-electron chi connectivity index (χ3n) is 5.51. The monoisotopic (exact) mass is 451 g/mol. The fraction of sp³-hybridized carbons (Fsp3) is 0.167. The van der Waals surface area contributed by atoms with Crippen molar-refractivity contribution in [2.75, 3.05) is 5.32 Å². The molecule has 0 aliphatic rings. The summed E-state index contributed by atoms with van der Waals surface area (Å²) in [6, 6.07) is 15.4. The minimum atomic E-state index is -0.768. The molecule has 0 radical (unpaired) electrons. The maximum atomic E-state index is 10.3. The lowest BCUT2D eigenvalue weighted by molar-refractivity contribution is 0.199. The van der Waals surface area contributed by atoms with Crippen LogP contribution in [0, 0.1) is 18.3 Å². The average Bonchev–Trinajstić information content (AvgIpc) is 3.42. The number of nitriles is 1. The van der Waals surface area contributed by atoms with Crippen LogP contribution in [-0.4, -0.2) is 39.6 Å². The van der Waals surface area contributed by atoms with Crippen molar-refractivity contribution in [2.45, 2.75) is 20.0 Å². The quantitative estimate of drug-likeness (QED) is 0.415. The SMILES string of the molecule is Cc1ccc(Nc2ccc3c(c2)ncn3-c2ccc(C(C)O)c(-c3c(C#N)cnn3C)n2)nn1. The summed E-state index contributed by atoms with van der Waals surface area (Å²) in [6.07, 6.45) is 2.42. The minimum absolute atomic E-state index is 0.388. The molecule has 0 aliphatic heterocycles. The first-order valence-corrected chi connectivity index (χ1v) is 10.6. The van der Waals surface area contributed by atoms with E-state index in [0.717, 1.165) is 22.4 Å². The van der Waals surface area contributed by atoms with Crippen LogP contribution in [-0.2, 0) is 7.05 Å². The Hall–Kier alpha value is -4.62. The molecule has 0 amide bonds. The van der Waals surface area contributed by atoms with Crippen molar-refractivity contribution in [1.82, 2.24) is 34.5 Å². The van der Waals surface area contributed by atoms with E-state index in [1.54, 1.807) is 25.0 Å². The van der Waals surface area contributed by atoms with E-state index in [0.29, 0.717) is 34.2 Å². The molecule has 1 atom stereocenters. The van der Waals surface area contributed by atoms with Gasteiger partial charge in [0.25, 0.3) is 0 Å². The van der Waals surface area contributed by atoms with Crippen molar-refractivity contribution in [3.8, 4) is 23.3 Å². The van der Waals surface area contributed by atoms with Gasteiger partial charge in [0.1, 0.15) is 23.9 Å². The summed E-state index contributed by atoms with van der Waals surface area (Å²) in [4.78, 5) is 9.35. The normalized spacial score (nSPS) is 12.0. The zero-order chi connectivity index (χ0) is 23.8. The average molecular weight is 451 g/mol. The molecule has 0 saturated heterocycles. The molecule has 0 bridgehead atoms. The van der Waals surface area contributed by atoms with Crippen LogP contribution in [0.5, 0.6) is 0 Å².